The molecule has 9 heteroatoms. The van der Waals surface area contributed by atoms with Crippen LogP contribution in [0, 0.1) is 10.8 Å². The van der Waals surface area contributed by atoms with E-state index in [9.17, 15) is 9.59 Å². The molecule has 0 bridgehead atoms. The lowest BCUT2D eigenvalue weighted by molar-refractivity contribution is 0.0955. The molecule has 2 aromatic heterocycles. The fraction of sp³-hybridized carbons (Fsp3) is 0.0526. The molecule has 0 atom stereocenters. The molecule has 0 saturated heterocycles. The Balaban J connectivity index is 1.81. The summed E-state index contributed by atoms with van der Waals surface area (Å²) in [5.74, 6) is -0.368. The fourth-order valence-electron chi connectivity index (χ4n) is 2.46. The average Bonchev–Trinajstić information content (AvgIpc) is 2.72. The zero-order valence-corrected chi connectivity index (χ0v) is 15.6. The van der Waals surface area contributed by atoms with E-state index in [0.717, 1.165) is 28.1 Å². The van der Waals surface area contributed by atoms with Crippen molar-refractivity contribution >= 4 is 50.8 Å². The number of fused-ring (bicyclic) bond motifs is 1. The number of pyridine rings is 2. The second-order valence-corrected chi connectivity index (χ2v) is 6.54. The van der Waals surface area contributed by atoms with Gasteiger partial charge in [-0.25, -0.2) is 4.98 Å². The molecule has 8 nitrogen and oxygen atoms in total. The summed E-state index contributed by atoms with van der Waals surface area (Å²) in [4.78, 5) is 32.1. The number of aromatic nitrogens is 2. The second kappa shape index (κ2) is 8.40. The van der Waals surface area contributed by atoms with Crippen molar-refractivity contribution in [3.8, 4) is 0 Å². The van der Waals surface area contributed by atoms with Crippen LogP contribution >= 0.6 is 11.8 Å². The third kappa shape index (κ3) is 4.21. The van der Waals surface area contributed by atoms with Gasteiger partial charge in [-0.1, -0.05) is 23.9 Å². The maximum atomic E-state index is 12.4. The molecule has 2 amide bonds. The number of hydrogen-bond donors (Lipinski definition) is 4. The number of nitrogens with zero attached hydrogens (tertiary/aromatic N) is 2. The topological polar surface area (TPSA) is 132 Å². The lowest BCUT2D eigenvalue weighted by Crippen LogP contribution is -2.20. The summed E-state index contributed by atoms with van der Waals surface area (Å²) >= 11 is 1.01. The van der Waals surface area contributed by atoms with Gasteiger partial charge in [0.15, 0.2) is 0 Å². The first-order valence-corrected chi connectivity index (χ1v) is 9.03. The lowest BCUT2D eigenvalue weighted by atomic mass is 10.1. The quantitative estimate of drug-likeness (QED) is 0.391. The Kier molecular flexibility index (Phi) is 5.75. The number of anilines is 1. The first-order chi connectivity index (χ1) is 13.5. The molecule has 3 aromatic rings. The van der Waals surface area contributed by atoms with Gasteiger partial charge >= 0.3 is 0 Å². The third-order valence-corrected chi connectivity index (χ3v) is 4.48. The Morgan fingerprint density at radius 2 is 1.79 bits per heavy atom. The van der Waals surface area contributed by atoms with E-state index in [1.54, 1.807) is 18.3 Å². The van der Waals surface area contributed by atoms with Crippen molar-refractivity contribution in [2.45, 2.75) is 0 Å². The van der Waals surface area contributed by atoms with E-state index in [1.807, 2.05) is 12.1 Å². The van der Waals surface area contributed by atoms with Crippen LogP contribution in [0.5, 0.6) is 0 Å². The molecule has 0 saturated carbocycles. The lowest BCUT2D eigenvalue weighted by Gasteiger charge is -2.07. The molecule has 0 spiro atoms. The number of carbonyl (C=O) groups is 2. The van der Waals surface area contributed by atoms with E-state index in [2.05, 4.69) is 20.6 Å². The van der Waals surface area contributed by atoms with Gasteiger partial charge in [0.05, 0.1) is 16.2 Å². The molecule has 3 rings (SSSR count). The van der Waals surface area contributed by atoms with Crippen LogP contribution in [0.15, 0.2) is 48.8 Å². The summed E-state index contributed by atoms with van der Waals surface area (Å²) in [7, 11) is 1.51. The number of nitrogens with one attached hydrogen (secondary N) is 4. The summed E-state index contributed by atoms with van der Waals surface area (Å²) in [6.45, 7) is 0. The summed E-state index contributed by atoms with van der Waals surface area (Å²) in [6, 6.07) is 10.1. The monoisotopic (exact) mass is 392 g/mol. The molecule has 0 aliphatic carbocycles. The number of thioether (sulfide) groups is 1. The van der Waals surface area contributed by atoms with Gasteiger partial charge < -0.3 is 16.0 Å². The van der Waals surface area contributed by atoms with E-state index < -0.39 is 5.91 Å². The minimum atomic E-state index is -0.397. The highest BCUT2D eigenvalue weighted by Crippen LogP contribution is 2.21. The Labute approximate surface area is 164 Å². The van der Waals surface area contributed by atoms with Crippen LogP contribution in [0.4, 0.5) is 5.82 Å². The third-order valence-electron chi connectivity index (χ3n) is 3.89. The summed E-state index contributed by atoms with van der Waals surface area (Å²) in [5, 5.41) is 22.1. The van der Waals surface area contributed by atoms with E-state index in [4.69, 9.17) is 10.8 Å². The summed E-state index contributed by atoms with van der Waals surface area (Å²) in [5.41, 5.74) is 2.31. The highest BCUT2D eigenvalue weighted by atomic mass is 32.2. The van der Waals surface area contributed by atoms with Gasteiger partial charge in [-0.3, -0.25) is 20.0 Å². The molecule has 0 aliphatic rings. The minimum absolute atomic E-state index is 0.223. The average molecular weight is 392 g/mol. The standard InChI is InChI=1S/C19H16N6O2S/c1-22-19(27)15-5-4-13(9-23-15)18(26)25-16-7-14-6-11(17(21)28-10-20)2-3-12(14)8-24-16/h2-10,20-21H,1H3,(H,22,27)(H,24,25,26). The van der Waals surface area contributed by atoms with Crippen molar-refractivity contribution in [1.82, 2.24) is 15.3 Å². The first kappa shape index (κ1) is 19.2. The molecule has 0 unspecified atom stereocenters. The Morgan fingerprint density at radius 1 is 1.00 bits per heavy atom. The molecular formula is C19H16N6O2S. The Bertz CT molecular complexity index is 1080. The zero-order chi connectivity index (χ0) is 20.1. The molecule has 1 aromatic carbocycles. The SMILES string of the molecule is CNC(=O)c1ccc(C(=O)Nc2cc3cc(C(=N)SC=N)ccc3cn2)cn1. The van der Waals surface area contributed by atoms with Crippen molar-refractivity contribution in [1.29, 1.82) is 10.8 Å². The van der Waals surface area contributed by atoms with Gasteiger partial charge in [-0.05, 0) is 29.7 Å². The maximum Gasteiger partial charge on any atom is 0.269 e. The van der Waals surface area contributed by atoms with Crippen molar-refractivity contribution in [3.63, 3.8) is 0 Å². The molecule has 28 heavy (non-hydrogen) atoms. The molecule has 140 valence electrons. The predicted octanol–water partition coefficient (Wildman–Crippen LogP) is 2.91. The predicted molar refractivity (Wildman–Crippen MR) is 111 cm³/mol. The van der Waals surface area contributed by atoms with Crippen LogP contribution in [-0.4, -0.2) is 39.4 Å². The molecule has 4 N–H and O–H groups in total. The van der Waals surface area contributed by atoms with Crippen molar-refractivity contribution in [2.24, 2.45) is 0 Å². The van der Waals surface area contributed by atoms with E-state index in [1.165, 1.54) is 25.4 Å². The Morgan fingerprint density at radius 3 is 2.46 bits per heavy atom. The molecule has 0 radical (unpaired) electrons. The van der Waals surface area contributed by atoms with Crippen LogP contribution in [0.1, 0.15) is 26.4 Å². The summed E-state index contributed by atoms with van der Waals surface area (Å²) < 4.78 is 0. The van der Waals surface area contributed by atoms with E-state index in [-0.39, 0.29) is 16.6 Å². The summed E-state index contributed by atoms with van der Waals surface area (Å²) in [6.07, 6.45) is 2.96. The van der Waals surface area contributed by atoms with Gasteiger partial charge in [0, 0.05) is 30.4 Å². The molecular weight excluding hydrogens is 376 g/mol. The second-order valence-electron chi connectivity index (χ2n) is 5.66. The number of amides is 2. The van der Waals surface area contributed by atoms with Crippen molar-refractivity contribution < 1.29 is 9.59 Å². The number of rotatable bonds is 5. The molecule has 2 heterocycles. The number of carbonyl (C=O) groups excluding carboxylic acids is 2. The molecule has 0 fully saturated rings. The van der Waals surface area contributed by atoms with Crippen LogP contribution in [0.2, 0.25) is 0 Å². The highest BCUT2D eigenvalue weighted by Gasteiger charge is 2.11. The normalized spacial score (nSPS) is 10.3. The van der Waals surface area contributed by atoms with E-state index >= 15 is 0 Å². The molecule has 0 aliphatic heterocycles. The van der Waals surface area contributed by atoms with Gasteiger partial charge in [0.25, 0.3) is 11.8 Å². The first-order valence-electron chi connectivity index (χ1n) is 8.15. The Hall–Kier alpha value is -3.59. The van der Waals surface area contributed by atoms with Gasteiger partial charge in [-0.15, -0.1) is 0 Å². The minimum Gasteiger partial charge on any atom is -0.354 e. The maximum absolute atomic E-state index is 12.4. The van der Waals surface area contributed by atoms with Crippen molar-refractivity contribution in [2.75, 3.05) is 12.4 Å². The van der Waals surface area contributed by atoms with Gasteiger partial charge in [0.1, 0.15) is 11.5 Å². The van der Waals surface area contributed by atoms with Gasteiger partial charge in [0.2, 0.25) is 0 Å². The van der Waals surface area contributed by atoms with Gasteiger partial charge in [-0.2, -0.15) is 0 Å². The van der Waals surface area contributed by atoms with Crippen LogP contribution < -0.4 is 10.6 Å². The highest BCUT2D eigenvalue weighted by molar-refractivity contribution is 8.25. The van der Waals surface area contributed by atoms with E-state index in [0.29, 0.717) is 16.9 Å². The largest absolute Gasteiger partial charge is 0.354 e. The number of hydrogen-bond acceptors (Lipinski definition) is 7. The van der Waals surface area contributed by atoms with Crippen LogP contribution in [0.3, 0.4) is 0 Å². The fourth-order valence-corrected chi connectivity index (χ4v) is 2.84. The smallest absolute Gasteiger partial charge is 0.269 e. The van der Waals surface area contributed by atoms with Crippen molar-refractivity contribution in [3.05, 3.63) is 65.6 Å². The van der Waals surface area contributed by atoms with Crippen LogP contribution in [-0.2, 0) is 0 Å². The number of benzene rings is 1. The zero-order valence-electron chi connectivity index (χ0n) is 14.8. The van der Waals surface area contributed by atoms with Crippen LogP contribution in [0.25, 0.3) is 10.8 Å².